The summed E-state index contributed by atoms with van der Waals surface area (Å²) < 4.78 is 0. The Morgan fingerprint density at radius 1 is 1.17 bits per heavy atom. The fraction of sp³-hybridized carbons (Fsp3) is 1.00. The van der Waals surface area contributed by atoms with Crippen LogP contribution in [0.1, 0.15) is 32.1 Å². The van der Waals surface area contributed by atoms with Crippen LogP contribution in [0.2, 0.25) is 0 Å². The molecule has 2 nitrogen and oxygen atoms in total. The molecule has 12 heavy (non-hydrogen) atoms. The molecule has 2 fully saturated rings. The van der Waals surface area contributed by atoms with Gasteiger partial charge in [-0.25, -0.2) is 0 Å². The van der Waals surface area contributed by atoms with Crippen LogP contribution in [-0.2, 0) is 0 Å². The van der Waals surface area contributed by atoms with Crippen LogP contribution in [0.25, 0.3) is 0 Å². The molecule has 2 aliphatic rings. The van der Waals surface area contributed by atoms with Crippen LogP contribution in [0, 0.1) is 5.92 Å². The zero-order valence-electron chi connectivity index (χ0n) is 7.81. The van der Waals surface area contributed by atoms with Crippen molar-refractivity contribution in [3.05, 3.63) is 0 Å². The second-order valence-corrected chi connectivity index (χ2v) is 4.25. The van der Waals surface area contributed by atoms with Gasteiger partial charge in [0.1, 0.15) is 0 Å². The molecule has 2 rings (SSSR count). The van der Waals surface area contributed by atoms with Crippen molar-refractivity contribution >= 4 is 0 Å². The molecule has 2 heteroatoms. The van der Waals surface area contributed by atoms with E-state index in [1.807, 2.05) is 0 Å². The second-order valence-electron chi connectivity index (χ2n) is 4.25. The van der Waals surface area contributed by atoms with Gasteiger partial charge in [0, 0.05) is 12.6 Å². The summed E-state index contributed by atoms with van der Waals surface area (Å²) in [4.78, 5) is 0. The van der Waals surface area contributed by atoms with E-state index in [1.165, 1.54) is 51.7 Å². The van der Waals surface area contributed by atoms with E-state index < -0.39 is 0 Å². The lowest BCUT2D eigenvalue weighted by Gasteiger charge is -2.30. The maximum atomic E-state index is 3.66. The van der Waals surface area contributed by atoms with E-state index in [0.717, 1.165) is 12.0 Å². The van der Waals surface area contributed by atoms with Crippen molar-refractivity contribution < 1.29 is 0 Å². The predicted octanol–water partition coefficient (Wildman–Crippen LogP) is 1.13. The quantitative estimate of drug-likeness (QED) is 0.660. The summed E-state index contributed by atoms with van der Waals surface area (Å²) in [7, 11) is 0. The number of hydrogen-bond acceptors (Lipinski definition) is 2. The number of hydrogen-bond donors (Lipinski definition) is 2. The highest BCUT2D eigenvalue weighted by Crippen LogP contribution is 2.25. The molecule has 0 aromatic carbocycles. The van der Waals surface area contributed by atoms with Crippen LogP contribution in [0.5, 0.6) is 0 Å². The average Bonchev–Trinajstić information content (AvgIpc) is 2.04. The Labute approximate surface area is 75.1 Å². The van der Waals surface area contributed by atoms with E-state index in [9.17, 15) is 0 Å². The summed E-state index contributed by atoms with van der Waals surface area (Å²) in [6, 6.07) is 0.763. The second kappa shape index (κ2) is 4.24. The van der Waals surface area contributed by atoms with Crippen LogP contribution in [0.15, 0.2) is 0 Å². The summed E-state index contributed by atoms with van der Waals surface area (Å²) in [6.07, 6.45) is 7.12. The van der Waals surface area contributed by atoms with Gasteiger partial charge in [0.25, 0.3) is 0 Å². The predicted molar refractivity (Wildman–Crippen MR) is 51.2 cm³/mol. The van der Waals surface area contributed by atoms with E-state index in [4.69, 9.17) is 0 Å². The molecule has 1 unspecified atom stereocenters. The lowest BCUT2D eigenvalue weighted by Crippen LogP contribution is -2.45. The molecule has 1 aliphatic carbocycles. The van der Waals surface area contributed by atoms with Crippen LogP contribution in [-0.4, -0.2) is 25.7 Å². The Morgan fingerprint density at radius 3 is 2.67 bits per heavy atom. The molecular formula is C10H20N2. The topological polar surface area (TPSA) is 24.1 Å². The summed E-state index contributed by atoms with van der Waals surface area (Å²) >= 11 is 0. The molecule has 2 N–H and O–H groups in total. The zero-order chi connectivity index (χ0) is 8.23. The third kappa shape index (κ3) is 2.20. The number of nitrogens with one attached hydrogen (secondary N) is 2. The van der Waals surface area contributed by atoms with Crippen molar-refractivity contribution in [1.82, 2.24) is 10.6 Å². The van der Waals surface area contributed by atoms with Crippen LogP contribution in [0.3, 0.4) is 0 Å². The van der Waals surface area contributed by atoms with Crippen molar-refractivity contribution in [2.24, 2.45) is 5.92 Å². The molecular weight excluding hydrogens is 148 g/mol. The van der Waals surface area contributed by atoms with Gasteiger partial charge in [-0.05, 0) is 44.7 Å². The molecule has 0 radical (unpaired) electrons. The van der Waals surface area contributed by atoms with Gasteiger partial charge in [0.05, 0.1) is 0 Å². The van der Waals surface area contributed by atoms with Gasteiger partial charge in [0.15, 0.2) is 0 Å². The van der Waals surface area contributed by atoms with Crippen molar-refractivity contribution in [1.29, 1.82) is 0 Å². The standard InChI is InChI=1S/C10H20N2/c1-3-9(4-1)7-12-10-5-2-6-11-8-10/h9-12H,1-8H2. The summed E-state index contributed by atoms with van der Waals surface area (Å²) in [5.41, 5.74) is 0. The summed E-state index contributed by atoms with van der Waals surface area (Å²) in [6.45, 7) is 3.68. The van der Waals surface area contributed by atoms with Gasteiger partial charge < -0.3 is 10.6 Å². The minimum absolute atomic E-state index is 0.763. The van der Waals surface area contributed by atoms with Gasteiger partial charge >= 0.3 is 0 Å². The summed E-state index contributed by atoms with van der Waals surface area (Å²) in [5, 5.41) is 7.09. The normalized spacial score (nSPS) is 31.5. The molecule has 1 atom stereocenters. The molecule has 1 aliphatic heterocycles. The monoisotopic (exact) mass is 168 g/mol. The van der Waals surface area contributed by atoms with Crippen LogP contribution < -0.4 is 10.6 Å². The highest BCUT2D eigenvalue weighted by Gasteiger charge is 2.19. The average molecular weight is 168 g/mol. The van der Waals surface area contributed by atoms with Crippen molar-refractivity contribution in [2.45, 2.75) is 38.1 Å². The van der Waals surface area contributed by atoms with E-state index in [2.05, 4.69) is 10.6 Å². The fourth-order valence-corrected chi connectivity index (χ4v) is 2.06. The Balaban J connectivity index is 1.58. The van der Waals surface area contributed by atoms with Gasteiger partial charge in [-0.1, -0.05) is 6.42 Å². The Hall–Kier alpha value is -0.0800. The van der Waals surface area contributed by atoms with Gasteiger partial charge in [-0.2, -0.15) is 0 Å². The molecule has 0 aromatic rings. The maximum Gasteiger partial charge on any atom is 0.0193 e. The summed E-state index contributed by atoms with van der Waals surface area (Å²) in [5.74, 6) is 1.01. The molecule has 70 valence electrons. The number of piperidine rings is 1. The molecule has 0 bridgehead atoms. The molecule has 1 saturated carbocycles. The zero-order valence-corrected chi connectivity index (χ0v) is 7.81. The largest absolute Gasteiger partial charge is 0.315 e. The lowest BCUT2D eigenvalue weighted by atomic mass is 9.85. The van der Waals surface area contributed by atoms with E-state index in [-0.39, 0.29) is 0 Å². The lowest BCUT2D eigenvalue weighted by molar-refractivity contribution is 0.275. The third-order valence-corrected chi connectivity index (χ3v) is 3.22. The first-order valence-corrected chi connectivity index (χ1v) is 5.39. The first-order chi connectivity index (χ1) is 5.95. The van der Waals surface area contributed by atoms with Crippen LogP contribution in [0.4, 0.5) is 0 Å². The molecule has 0 amide bonds. The Bertz CT molecular complexity index is 126. The Morgan fingerprint density at radius 2 is 2.08 bits per heavy atom. The molecule has 0 spiro atoms. The van der Waals surface area contributed by atoms with E-state index in [1.54, 1.807) is 0 Å². The first kappa shape index (κ1) is 8.52. The minimum atomic E-state index is 0.763. The number of rotatable bonds is 3. The van der Waals surface area contributed by atoms with Gasteiger partial charge in [-0.3, -0.25) is 0 Å². The highest BCUT2D eigenvalue weighted by molar-refractivity contribution is 4.78. The van der Waals surface area contributed by atoms with Gasteiger partial charge in [0.2, 0.25) is 0 Å². The molecule has 1 saturated heterocycles. The van der Waals surface area contributed by atoms with Gasteiger partial charge in [-0.15, -0.1) is 0 Å². The minimum Gasteiger partial charge on any atom is -0.315 e. The molecule has 0 aromatic heterocycles. The van der Waals surface area contributed by atoms with Crippen molar-refractivity contribution in [3.63, 3.8) is 0 Å². The fourth-order valence-electron chi connectivity index (χ4n) is 2.06. The highest BCUT2D eigenvalue weighted by atomic mass is 15.0. The van der Waals surface area contributed by atoms with E-state index >= 15 is 0 Å². The third-order valence-electron chi connectivity index (χ3n) is 3.22. The maximum absolute atomic E-state index is 3.66. The van der Waals surface area contributed by atoms with Crippen molar-refractivity contribution in [3.8, 4) is 0 Å². The SMILES string of the molecule is C1CC(CNC2CCCNC2)C1. The smallest absolute Gasteiger partial charge is 0.0193 e. The van der Waals surface area contributed by atoms with Crippen molar-refractivity contribution in [2.75, 3.05) is 19.6 Å². The van der Waals surface area contributed by atoms with E-state index in [0.29, 0.717) is 0 Å². The molecule has 1 heterocycles. The van der Waals surface area contributed by atoms with Crippen LogP contribution >= 0.6 is 0 Å². The Kier molecular flexibility index (Phi) is 3.01. The first-order valence-electron chi connectivity index (χ1n) is 5.39.